The highest BCUT2D eigenvalue weighted by atomic mass is 16.5. The summed E-state index contributed by atoms with van der Waals surface area (Å²) < 4.78 is 13.1. The summed E-state index contributed by atoms with van der Waals surface area (Å²) in [4.78, 5) is 24.5. The molecule has 0 amide bonds. The molecule has 0 spiro atoms. The summed E-state index contributed by atoms with van der Waals surface area (Å²) in [5, 5.41) is 0.800. The number of esters is 1. The molecule has 0 atom stereocenters. The van der Waals surface area contributed by atoms with Gasteiger partial charge in [-0.1, -0.05) is 0 Å². The molecule has 0 saturated heterocycles. The Morgan fingerprint density at radius 1 is 1.11 bits per heavy atom. The van der Waals surface area contributed by atoms with Gasteiger partial charge in [-0.15, -0.1) is 0 Å². The van der Waals surface area contributed by atoms with Crippen molar-refractivity contribution in [3.63, 3.8) is 0 Å². The van der Waals surface area contributed by atoms with E-state index in [4.69, 9.17) is 9.15 Å². The third-order valence-electron chi connectivity index (χ3n) is 5.42. The largest absolute Gasteiger partial charge is 0.457 e. The molecule has 0 bridgehead atoms. The van der Waals surface area contributed by atoms with Crippen LogP contribution < -0.4 is 5.63 Å². The lowest BCUT2D eigenvalue weighted by Gasteiger charge is -2.10. The molecule has 2 aromatic heterocycles. The molecule has 3 aromatic rings. The molecule has 1 aromatic carbocycles. The fraction of sp³-hybridized carbons (Fsp3) is 0.364. The standard InChI is InChI=1S/C22H23NO4/c1-12-7-19-16(10-21(24)27-20(19)8-13(12)2)11-26-22(25)18-9-14(3)23(15(18)4)17-5-6-17/h7-10,17H,5-6,11H2,1-4H3. The van der Waals surface area contributed by atoms with Crippen LogP contribution in [0.1, 0.15) is 57.3 Å². The van der Waals surface area contributed by atoms with E-state index in [0.717, 1.165) is 40.7 Å². The van der Waals surface area contributed by atoms with Crippen molar-refractivity contribution in [2.24, 2.45) is 0 Å². The third kappa shape index (κ3) is 3.18. The highest BCUT2D eigenvalue weighted by Gasteiger charge is 2.28. The monoisotopic (exact) mass is 365 g/mol. The molecule has 5 nitrogen and oxygen atoms in total. The normalized spacial score (nSPS) is 13.9. The fourth-order valence-electron chi connectivity index (χ4n) is 3.70. The number of ether oxygens (including phenoxy) is 1. The topological polar surface area (TPSA) is 61.4 Å². The molecule has 4 rings (SSSR count). The number of aromatic nitrogens is 1. The van der Waals surface area contributed by atoms with Crippen molar-refractivity contribution in [3.8, 4) is 0 Å². The lowest BCUT2D eigenvalue weighted by atomic mass is 10.0. The molecule has 27 heavy (non-hydrogen) atoms. The van der Waals surface area contributed by atoms with E-state index in [2.05, 4.69) is 4.57 Å². The van der Waals surface area contributed by atoms with Gasteiger partial charge in [0.1, 0.15) is 12.2 Å². The molecule has 1 aliphatic rings. The second-order valence-electron chi connectivity index (χ2n) is 7.49. The SMILES string of the molecule is Cc1cc2oc(=O)cc(COC(=O)c3cc(C)n(C4CC4)c3C)c2cc1C. The van der Waals surface area contributed by atoms with E-state index in [-0.39, 0.29) is 12.6 Å². The number of hydrogen-bond acceptors (Lipinski definition) is 4. The summed E-state index contributed by atoms with van der Waals surface area (Å²) in [6.45, 7) is 7.99. The Kier molecular flexibility index (Phi) is 4.17. The zero-order valence-electron chi connectivity index (χ0n) is 16.1. The van der Waals surface area contributed by atoms with Crippen molar-refractivity contribution in [3.05, 3.63) is 68.3 Å². The molecular formula is C22H23NO4. The predicted molar refractivity (Wildman–Crippen MR) is 103 cm³/mol. The Bertz CT molecular complexity index is 1120. The number of carbonyl (C=O) groups is 1. The van der Waals surface area contributed by atoms with Crippen molar-refractivity contribution in [2.45, 2.75) is 53.2 Å². The molecule has 5 heteroatoms. The Hall–Kier alpha value is -2.82. The van der Waals surface area contributed by atoms with Gasteiger partial charge in [-0.05, 0) is 69.9 Å². The van der Waals surface area contributed by atoms with Gasteiger partial charge in [0.25, 0.3) is 0 Å². The Morgan fingerprint density at radius 2 is 1.81 bits per heavy atom. The molecular weight excluding hydrogens is 342 g/mol. The van der Waals surface area contributed by atoms with E-state index < -0.39 is 5.63 Å². The van der Waals surface area contributed by atoms with Gasteiger partial charge < -0.3 is 13.7 Å². The number of hydrogen-bond donors (Lipinski definition) is 0. The van der Waals surface area contributed by atoms with Gasteiger partial charge in [0.15, 0.2) is 0 Å². The average molecular weight is 365 g/mol. The van der Waals surface area contributed by atoms with Crippen LogP contribution in [0.2, 0.25) is 0 Å². The zero-order chi connectivity index (χ0) is 19.3. The molecule has 0 N–H and O–H groups in total. The quantitative estimate of drug-likeness (QED) is 0.504. The maximum atomic E-state index is 12.7. The lowest BCUT2D eigenvalue weighted by Crippen LogP contribution is -2.09. The number of benzene rings is 1. The first-order chi connectivity index (χ1) is 12.8. The van der Waals surface area contributed by atoms with E-state index in [1.807, 2.05) is 45.9 Å². The number of aryl methyl sites for hydroxylation is 3. The first-order valence-electron chi connectivity index (χ1n) is 9.24. The molecule has 140 valence electrons. The Balaban J connectivity index is 1.62. The van der Waals surface area contributed by atoms with Gasteiger partial charge in [0.05, 0.1) is 5.56 Å². The second-order valence-corrected chi connectivity index (χ2v) is 7.49. The third-order valence-corrected chi connectivity index (χ3v) is 5.42. The van der Waals surface area contributed by atoms with Gasteiger partial charge in [-0.3, -0.25) is 0 Å². The van der Waals surface area contributed by atoms with Crippen molar-refractivity contribution in [1.29, 1.82) is 0 Å². The highest BCUT2D eigenvalue weighted by Crippen LogP contribution is 2.38. The highest BCUT2D eigenvalue weighted by molar-refractivity contribution is 5.91. The van der Waals surface area contributed by atoms with Crippen molar-refractivity contribution < 1.29 is 13.9 Å². The average Bonchev–Trinajstić information content (AvgIpc) is 3.39. The van der Waals surface area contributed by atoms with Gasteiger partial charge in [0, 0.05) is 34.4 Å². The summed E-state index contributed by atoms with van der Waals surface area (Å²) in [6, 6.07) is 7.62. The molecule has 0 unspecified atom stereocenters. The van der Waals surface area contributed by atoms with Crippen LogP contribution in [-0.2, 0) is 11.3 Å². The van der Waals surface area contributed by atoms with Gasteiger partial charge in [-0.25, -0.2) is 9.59 Å². The summed E-state index contributed by atoms with van der Waals surface area (Å²) in [6.07, 6.45) is 2.32. The molecule has 0 radical (unpaired) electrons. The van der Waals surface area contributed by atoms with Gasteiger partial charge in [-0.2, -0.15) is 0 Å². The van der Waals surface area contributed by atoms with E-state index in [1.165, 1.54) is 6.07 Å². The Labute approximate surface area is 157 Å². The zero-order valence-corrected chi connectivity index (χ0v) is 16.1. The molecule has 1 fully saturated rings. The maximum absolute atomic E-state index is 12.7. The smallest absolute Gasteiger partial charge is 0.340 e. The molecule has 1 saturated carbocycles. The number of fused-ring (bicyclic) bond motifs is 1. The maximum Gasteiger partial charge on any atom is 0.340 e. The minimum absolute atomic E-state index is 0.0382. The molecule has 0 aliphatic heterocycles. The number of carbonyl (C=O) groups excluding carboxylic acids is 1. The van der Waals surface area contributed by atoms with Crippen molar-refractivity contribution in [1.82, 2.24) is 4.57 Å². The van der Waals surface area contributed by atoms with Crippen LogP contribution in [0.4, 0.5) is 0 Å². The van der Waals surface area contributed by atoms with Crippen LogP contribution >= 0.6 is 0 Å². The van der Waals surface area contributed by atoms with Crippen molar-refractivity contribution in [2.75, 3.05) is 0 Å². The second kappa shape index (κ2) is 6.41. The fourth-order valence-corrected chi connectivity index (χ4v) is 3.70. The van der Waals surface area contributed by atoms with E-state index >= 15 is 0 Å². The predicted octanol–water partition coefficient (Wildman–Crippen LogP) is 4.52. The van der Waals surface area contributed by atoms with E-state index in [9.17, 15) is 9.59 Å². The first kappa shape index (κ1) is 17.6. The van der Waals surface area contributed by atoms with E-state index in [1.54, 1.807) is 0 Å². The lowest BCUT2D eigenvalue weighted by molar-refractivity contribution is 0.0473. The minimum Gasteiger partial charge on any atom is -0.457 e. The summed E-state index contributed by atoms with van der Waals surface area (Å²) >= 11 is 0. The van der Waals surface area contributed by atoms with Gasteiger partial charge in [0.2, 0.25) is 0 Å². The van der Waals surface area contributed by atoms with Crippen LogP contribution in [-0.4, -0.2) is 10.5 Å². The number of nitrogens with zero attached hydrogens (tertiary/aromatic N) is 1. The van der Waals surface area contributed by atoms with Gasteiger partial charge >= 0.3 is 11.6 Å². The summed E-state index contributed by atoms with van der Waals surface area (Å²) in [5.41, 5.74) is 5.51. The first-order valence-corrected chi connectivity index (χ1v) is 9.24. The van der Waals surface area contributed by atoms with Crippen molar-refractivity contribution >= 4 is 16.9 Å². The Morgan fingerprint density at radius 3 is 2.52 bits per heavy atom. The minimum atomic E-state index is -0.441. The van der Waals surface area contributed by atoms with Crippen LogP contribution in [0.15, 0.2) is 33.5 Å². The number of rotatable bonds is 4. The van der Waals surface area contributed by atoms with Crippen LogP contribution in [0.25, 0.3) is 11.0 Å². The van der Waals surface area contributed by atoms with Crippen LogP contribution in [0.3, 0.4) is 0 Å². The summed E-state index contributed by atoms with van der Waals surface area (Å²) in [7, 11) is 0. The van der Waals surface area contributed by atoms with Crippen LogP contribution in [0.5, 0.6) is 0 Å². The van der Waals surface area contributed by atoms with E-state index in [0.29, 0.717) is 22.8 Å². The van der Waals surface area contributed by atoms with Crippen LogP contribution in [0, 0.1) is 27.7 Å². The summed E-state index contributed by atoms with van der Waals surface area (Å²) in [5.74, 6) is -0.361. The molecule has 2 heterocycles. The molecule has 1 aliphatic carbocycles.